The Morgan fingerprint density at radius 3 is 2.42 bits per heavy atom. The van der Waals surface area contributed by atoms with E-state index in [0.717, 1.165) is 25.8 Å². The highest BCUT2D eigenvalue weighted by molar-refractivity contribution is 5.85. The summed E-state index contributed by atoms with van der Waals surface area (Å²) in [7, 11) is 0. The number of hydrogen-bond donors (Lipinski definition) is 2. The fraction of sp³-hybridized carbons (Fsp3) is 0.650. The van der Waals surface area contributed by atoms with E-state index in [4.69, 9.17) is 5.73 Å². The summed E-state index contributed by atoms with van der Waals surface area (Å²) in [6.45, 7) is 4.66. The normalized spacial score (nSPS) is 23.0. The van der Waals surface area contributed by atoms with Crippen molar-refractivity contribution < 1.29 is 4.79 Å². The van der Waals surface area contributed by atoms with Gasteiger partial charge in [0.25, 0.3) is 0 Å². The third-order valence-electron chi connectivity index (χ3n) is 5.71. The van der Waals surface area contributed by atoms with Crippen molar-refractivity contribution in [3.8, 4) is 0 Å². The van der Waals surface area contributed by atoms with Crippen molar-refractivity contribution in [2.24, 2.45) is 17.6 Å². The van der Waals surface area contributed by atoms with Crippen molar-refractivity contribution in [1.82, 2.24) is 10.2 Å². The van der Waals surface area contributed by atoms with Crippen LogP contribution in [0.5, 0.6) is 0 Å². The number of carbonyl (C=O) groups excluding carboxylic acids is 1. The number of halogens is 2. The largest absolute Gasteiger partial charge is 0.352 e. The highest BCUT2D eigenvalue weighted by Gasteiger charge is 2.31. The van der Waals surface area contributed by atoms with E-state index in [0.29, 0.717) is 19.0 Å². The molecule has 26 heavy (non-hydrogen) atoms. The van der Waals surface area contributed by atoms with Gasteiger partial charge in [0.1, 0.15) is 0 Å². The van der Waals surface area contributed by atoms with Crippen LogP contribution in [0.15, 0.2) is 24.3 Å². The molecule has 0 unspecified atom stereocenters. The number of likely N-dealkylation sites (tertiary alicyclic amines) is 1. The molecule has 1 aromatic carbocycles. The second kappa shape index (κ2) is 11.8. The first-order chi connectivity index (χ1) is 11.8. The lowest BCUT2D eigenvalue weighted by Gasteiger charge is -2.27. The van der Waals surface area contributed by atoms with E-state index in [2.05, 4.69) is 34.5 Å². The van der Waals surface area contributed by atoms with Crippen LogP contribution in [-0.2, 0) is 17.9 Å². The highest BCUT2D eigenvalue weighted by Crippen LogP contribution is 2.31. The molecule has 1 saturated heterocycles. The first-order valence-corrected chi connectivity index (χ1v) is 9.55. The minimum absolute atomic E-state index is 0. The summed E-state index contributed by atoms with van der Waals surface area (Å²) in [4.78, 5) is 15.0. The van der Waals surface area contributed by atoms with Crippen LogP contribution in [0.25, 0.3) is 0 Å². The molecule has 1 aliphatic heterocycles. The van der Waals surface area contributed by atoms with E-state index in [9.17, 15) is 4.79 Å². The third kappa shape index (κ3) is 6.12. The monoisotopic (exact) mass is 401 g/mol. The molecule has 1 heterocycles. The number of piperidine rings is 1. The second-order valence-electron chi connectivity index (χ2n) is 7.36. The molecular weight excluding hydrogens is 369 g/mol. The Labute approximate surface area is 170 Å². The molecule has 2 atom stereocenters. The highest BCUT2D eigenvalue weighted by atomic mass is 35.5. The SMILES string of the molecule is Cl.Cl.NC[C@H]1CCC[C@H]1C(=O)NCc1ccccc1CN1CCCCC1. The van der Waals surface area contributed by atoms with Crippen LogP contribution < -0.4 is 11.1 Å². The molecule has 2 fully saturated rings. The topological polar surface area (TPSA) is 58.4 Å². The molecule has 1 amide bonds. The lowest BCUT2D eigenvalue weighted by Crippen LogP contribution is -2.35. The summed E-state index contributed by atoms with van der Waals surface area (Å²) in [6, 6.07) is 8.52. The molecule has 0 aromatic heterocycles. The Morgan fingerprint density at radius 1 is 1.04 bits per heavy atom. The van der Waals surface area contributed by atoms with Gasteiger partial charge in [-0.2, -0.15) is 0 Å². The molecule has 2 aliphatic rings. The molecule has 1 aliphatic carbocycles. The number of rotatable bonds is 6. The summed E-state index contributed by atoms with van der Waals surface area (Å²) in [6.07, 6.45) is 7.19. The summed E-state index contributed by atoms with van der Waals surface area (Å²) < 4.78 is 0. The van der Waals surface area contributed by atoms with Crippen molar-refractivity contribution in [2.45, 2.75) is 51.6 Å². The number of nitrogens with one attached hydrogen (secondary N) is 1. The van der Waals surface area contributed by atoms with Crippen molar-refractivity contribution in [3.05, 3.63) is 35.4 Å². The van der Waals surface area contributed by atoms with Crippen LogP contribution in [0, 0.1) is 11.8 Å². The zero-order chi connectivity index (χ0) is 16.8. The molecule has 148 valence electrons. The first kappa shape index (κ1) is 23.2. The number of hydrogen-bond acceptors (Lipinski definition) is 3. The van der Waals surface area contributed by atoms with E-state index >= 15 is 0 Å². The lowest BCUT2D eigenvalue weighted by atomic mass is 9.95. The van der Waals surface area contributed by atoms with E-state index in [1.54, 1.807) is 0 Å². The van der Waals surface area contributed by atoms with Crippen molar-refractivity contribution >= 4 is 30.7 Å². The predicted octanol–water partition coefficient (Wildman–Crippen LogP) is 3.51. The summed E-state index contributed by atoms with van der Waals surface area (Å²) in [5, 5.41) is 3.17. The number of amides is 1. The lowest BCUT2D eigenvalue weighted by molar-refractivity contribution is -0.126. The van der Waals surface area contributed by atoms with Gasteiger partial charge in [-0.25, -0.2) is 0 Å². The third-order valence-corrected chi connectivity index (χ3v) is 5.71. The van der Waals surface area contributed by atoms with Crippen LogP contribution in [0.2, 0.25) is 0 Å². The second-order valence-corrected chi connectivity index (χ2v) is 7.36. The van der Waals surface area contributed by atoms with Gasteiger partial charge in [-0.15, -0.1) is 24.8 Å². The fourth-order valence-corrected chi connectivity index (χ4v) is 4.22. The molecular formula is C20H33Cl2N3O. The minimum Gasteiger partial charge on any atom is -0.352 e. The van der Waals surface area contributed by atoms with Gasteiger partial charge >= 0.3 is 0 Å². The molecule has 1 saturated carbocycles. The van der Waals surface area contributed by atoms with Gasteiger partial charge in [0.05, 0.1) is 0 Å². The molecule has 4 nitrogen and oxygen atoms in total. The van der Waals surface area contributed by atoms with Crippen LogP contribution in [0.4, 0.5) is 0 Å². The molecule has 1 aromatic rings. The molecule has 0 spiro atoms. The van der Waals surface area contributed by atoms with Gasteiger partial charge in [-0.3, -0.25) is 9.69 Å². The number of nitrogens with two attached hydrogens (primary N) is 1. The van der Waals surface area contributed by atoms with Crippen LogP contribution >= 0.6 is 24.8 Å². The van der Waals surface area contributed by atoms with Gasteiger partial charge in [0, 0.05) is 19.0 Å². The Balaban J connectivity index is 0.00000169. The number of benzene rings is 1. The van der Waals surface area contributed by atoms with Crippen LogP contribution in [-0.4, -0.2) is 30.4 Å². The van der Waals surface area contributed by atoms with Gasteiger partial charge in [-0.1, -0.05) is 37.1 Å². The smallest absolute Gasteiger partial charge is 0.223 e. The fourth-order valence-electron chi connectivity index (χ4n) is 4.22. The predicted molar refractivity (Wildman–Crippen MR) is 112 cm³/mol. The summed E-state index contributed by atoms with van der Waals surface area (Å²) in [5.74, 6) is 0.675. The maximum atomic E-state index is 12.5. The van der Waals surface area contributed by atoms with E-state index in [-0.39, 0.29) is 36.6 Å². The van der Waals surface area contributed by atoms with Crippen LogP contribution in [0.3, 0.4) is 0 Å². The summed E-state index contributed by atoms with van der Waals surface area (Å²) >= 11 is 0. The van der Waals surface area contributed by atoms with Gasteiger partial charge in [0.15, 0.2) is 0 Å². The Bertz CT molecular complexity index is 550. The van der Waals surface area contributed by atoms with Crippen molar-refractivity contribution in [2.75, 3.05) is 19.6 Å². The van der Waals surface area contributed by atoms with Gasteiger partial charge in [0.2, 0.25) is 5.91 Å². The van der Waals surface area contributed by atoms with E-state index in [1.807, 2.05) is 0 Å². The number of nitrogens with zero attached hydrogens (tertiary/aromatic N) is 1. The van der Waals surface area contributed by atoms with E-state index < -0.39 is 0 Å². The first-order valence-electron chi connectivity index (χ1n) is 9.55. The van der Waals surface area contributed by atoms with Crippen LogP contribution in [0.1, 0.15) is 49.7 Å². The quantitative estimate of drug-likeness (QED) is 0.766. The molecule has 0 radical (unpaired) electrons. The molecule has 0 bridgehead atoms. The number of carbonyl (C=O) groups is 1. The Morgan fingerprint density at radius 2 is 1.73 bits per heavy atom. The van der Waals surface area contributed by atoms with Crippen molar-refractivity contribution in [3.63, 3.8) is 0 Å². The summed E-state index contributed by atoms with van der Waals surface area (Å²) in [5.41, 5.74) is 8.41. The average molecular weight is 402 g/mol. The van der Waals surface area contributed by atoms with E-state index in [1.165, 1.54) is 43.5 Å². The zero-order valence-corrected chi connectivity index (χ0v) is 17.1. The maximum absolute atomic E-state index is 12.5. The zero-order valence-electron chi connectivity index (χ0n) is 15.5. The average Bonchev–Trinajstić information content (AvgIpc) is 3.10. The molecule has 6 heteroatoms. The minimum atomic E-state index is 0. The Kier molecular flexibility index (Phi) is 10.6. The van der Waals surface area contributed by atoms with Gasteiger partial charge in [-0.05, 0) is 62.4 Å². The van der Waals surface area contributed by atoms with Gasteiger partial charge < -0.3 is 11.1 Å². The standard InChI is InChI=1S/C20H31N3O.2ClH/c21-13-16-9-6-10-19(16)20(24)22-14-17-7-2-3-8-18(17)15-23-11-4-1-5-12-23;;/h2-3,7-8,16,19H,1,4-6,9-15,21H2,(H,22,24);2*1H/t16-,19-;;/m1../s1. The molecule has 3 N–H and O–H groups in total. The molecule has 3 rings (SSSR count). The maximum Gasteiger partial charge on any atom is 0.223 e. The Hall–Kier alpha value is -0.810. The van der Waals surface area contributed by atoms with Crippen molar-refractivity contribution in [1.29, 1.82) is 0 Å².